The number of esters is 1. The van der Waals surface area contributed by atoms with Crippen LogP contribution in [-0.4, -0.2) is 48.2 Å². The van der Waals surface area contributed by atoms with Crippen LogP contribution in [0.5, 0.6) is 0 Å². The molecule has 0 unspecified atom stereocenters. The summed E-state index contributed by atoms with van der Waals surface area (Å²) in [5, 5.41) is 11.0. The van der Waals surface area contributed by atoms with Crippen LogP contribution in [-0.2, 0) is 25.7 Å². The Bertz CT molecular complexity index is 1140. The first-order chi connectivity index (χ1) is 18.3. The van der Waals surface area contributed by atoms with Crippen molar-refractivity contribution in [2.45, 2.75) is 44.9 Å². The summed E-state index contributed by atoms with van der Waals surface area (Å²) in [5.41, 5.74) is 2.21. The minimum atomic E-state index is -0.920. The summed E-state index contributed by atoms with van der Waals surface area (Å²) >= 11 is 0. The Hall–Kier alpha value is -3.55. The van der Waals surface area contributed by atoms with Gasteiger partial charge < -0.3 is 19.5 Å². The van der Waals surface area contributed by atoms with Crippen LogP contribution in [0.15, 0.2) is 84.9 Å². The maximum absolute atomic E-state index is 14.0. The normalized spacial score (nSPS) is 14.2. The highest BCUT2D eigenvalue weighted by atomic mass is 19.1. The molecule has 0 fully saturated rings. The second-order valence-corrected chi connectivity index (χ2v) is 9.34. The number of aliphatic hydroxyl groups excluding tert-OH is 1. The standard InChI is InChI=1S/C31H36FNO5/c1-4-38-28(34)19-26(21-37-20-23-11-7-5-8-12-23)29(24-15-17-27(32)18-16-24)31(36)33(3)22(2)30(35)25-13-9-6-10-14-25/h5-18,22,26,29-30,35H,4,19-21H2,1-3H3/t22-,26+,29+,30+/m1/s1. The lowest BCUT2D eigenvalue weighted by atomic mass is 9.82. The second kappa shape index (κ2) is 14.4. The molecule has 6 nitrogen and oxygen atoms in total. The van der Waals surface area contributed by atoms with E-state index in [2.05, 4.69) is 0 Å². The number of hydrogen-bond acceptors (Lipinski definition) is 5. The third-order valence-corrected chi connectivity index (χ3v) is 6.70. The monoisotopic (exact) mass is 521 g/mol. The van der Waals surface area contributed by atoms with Crippen molar-refractivity contribution < 1.29 is 28.6 Å². The lowest BCUT2D eigenvalue weighted by Gasteiger charge is -2.35. The van der Waals surface area contributed by atoms with Gasteiger partial charge in [-0.05, 0) is 42.7 Å². The highest BCUT2D eigenvalue weighted by Crippen LogP contribution is 2.33. The molecule has 0 saturated heterocycles. The number of ether oxygens (including phenoxy) is 2. The first-order valence-electron chi connectivity index (χ1n) is 12.8. The van der Waals surface area contributed by atoms with Gasteiger partial charge in [-0.1, -0.05) is 72.8 Å². The van der Waals surface area contributed by atoms with Gasteiger partial charge in [-0.2, -0.15) is 0 Å². The fourth-order valence-electron chi connectivity index (χ4n) is 4.46. The summed E-state index contributed by atoms with van der Waals surface area (Å²) < 4.78 is 25.0. The number of likely N-dealkylation sites (N-methyl/N-ethyl adjacent to an activating group) is 1. The van der Waals surface area contributed by atoms with Gasteiger partial charge in [-0.15, -0.1) is 0 Å². The molecule has 0 bridgehead atoms. The fourth-order valence-corrected chi connectivity index (χ4v) is 4.46. The summed E-state index contributed by atoms with van der Waals surface area (Å²) in [7, 11) is 1.63. The van der Waals surface area contributed by atoms with Crippen LogP contribution in [0.25, 0.3) is 0 Å². The van der Waals surface area contributed by atoms with Gasteiger partial charge in [0.15, 0.2) is 0 Å². The van der Waals surface area contributed by atoms with Gasteiger partial charge in [0.2, 0.25) is 5.91 Å². The third kappa shape index (κ3) is 7.97. The molecule has 0 aliphatic carbocycles. The number of hydrogen-bond donors (Lipinski definition) is 1. The lowest BCUT2D eigenvalue weighted by Crippen LogP contribution is -2.44. The van der Waals surface area contributed by atoms with E-state index in [4.69, 9.17) is 9.47 Å². The fraction of sp³-hybridized carbons (Fsp3) is 0.355. The molecular weight excluding hydrogens is 485 g/mol. The minimum Gasteiger partial charge on any atom is -0.466 e. The van der Waals surface area contributed by atoms with Gasteiger partial charge in [0.25, 0.3) is 0 Å². The van der Waals surface area contributed by atoms with Crippen LogP contribution >= 0.6 is 0 Å². The first-order valence-corrected chi connectivity index (χ1v) is 12.8. The summed E-state index contributed by atoms with van der Waals surface area (Å²) in [6, 6.07) is 23.9. The van der Waals surface area contributed by atoms with Crippen molar-refractivity contribution in [3.05, 3.63) is 107 Å². The van der Waals surface area contributed by atoms with Crippen molar-refractivity contribution >= 4 is 11.9 Å². The minimum absolute atomic E-state index is 0.0557. The molecule has 1 amide bonds. The van der Waals surface area contributed by atoms with Crippen molar-refractivity contribution in [3.8, 4) is 0 Å². The zero-order valence-corrected chi connectivity index (χ0v) is 22.1. The highest BCUT2D eigenvalue weighted by molar-refractivity contribution is 5.85. The number of aliphatic hydroxyl groups is 1. The first kappa shape index (κ1) is 29.0. The smallest absolute Gasteiger partial charge is 0.306 e. The third-order valence-electron chi connectivity index (χ3n) is 6.70. The number of carbonyl (C=O) groups excluding carboxylic acids is 2. The van der Waals surface area contributed by atoms with Crippen LogP contribution in [0.2, 0.25) is 0 Å². The number of carbonyl (C=O) groups is 2. The summed E-state index contributed by atoms with van der Waals surface area (Å²) in [4.78, 5) is 28.1. The van der Waals surface area contributed by atoms with Gasteiger partial charge in [0.1, 0.15) is 5.82 Å². The highest BCUT2D eigenvalue weighted by Gasteiger charge is 2.36. The van der Waals surface area contributed by atoms with E-state index in [9.17, 15) is 19.1 Å². The molecule has 4 atom stereocenters. The van der Waals surface area contributed by atoms with Crippen LogP contribution in [0.4, 0.5) is 4.39 Å². The zero-order valence-electron chi connectivity index (χ0n) is 22.1. The molecule has 0 aromatic heterocycles. The average Bonchev–Trinajstić information content (AvgIpc) is 2.94. The molecule has 0 spiro atoms. The molecule has 3 aromatic carbocycles. The molecule has 0 aliphatic heterocycles. The topological polar surface area (TPSA) is 76.1 Å². The Morgan fingerprint density at radius 2 is 1.53 bits per heavy atom. The van der Waals surface area contributed by atoms with E-state index in [0.29, 0.717) is 17.7 Å². The Kier molecular flexibility index (Phi) is 11.0. The SMILES string of the molecule is CCOC(=O)C[C@@H](COCc1ccccc1)[C@@H](C(=O)N(C)[C@H](C)[C@H](O)c1ccccc1)c1ccc(F)cc1. The molecule has 0 saturated carbocycles. The van der Waals surface area contributed by atoms with E-state index in [0.717, 1.165) is 5.56 Å². The maximum Gasteiger partial charge on any atom is 0.306 e. The largest absolute Gasteiger partial charge is 0.466 e. The predicted octanol–water partition coefficient (Wildman–Crippen LogP) is 5.28. The van der Waals surface area contributed by atoms with E-state index in [1.54, 1.807) is 45.2 Å². The molecule has 0 heterocycles. The molecule has 202 valence electrons. The number of nitrogens with zero attached hydrogens (tertiary/aromatic N) is 1. The Balaban J connectivity index is 1.90. The van der Waals surface area contributed by atoms with Crippen LogP contribution in [0, 0.1) is 11.7 Å². The second-order valence-electron chi connectivity index (χ2n) is 9.34. The van der Waals surface area contributed by atoms with E-state index < -0.39 is 35.8 Å². The molecule has 1 N–H and O–H groups in total. The van der Waals surface area contributed by atoms with Gasteiger partial charge in [0.05, 0.1) is 44.3 Å². The average molecular weight is 522 g/mol. The van der Waals surface area contributed by atoms with Gasteiger partial charge >= 0.3 is 5.97 Å². The van der Waals surface area contributed by atoms with E-state index in [1.165, 1.54) is 17.0 Å². The predicted molar refractivity (Wildman–Crippen MR) is 144 cm³/mol. The number of benzene rings is 3. The van der Waals surface area contributed by atoms with E-state index >= 15 is 0 Å². The lowest BCUT2D eigenvalue weighted by molar-refractivity contribution is -0.146. The summed E-state index contributed by atoms with van der Waals surface area (Å²) in [6.45, 7) is 4.12. The van der Waals surface area contributed by atoms with Gasteiger partial charge in [-0.3, -0.25) is 9.59 Å². The van der Waals surface area contributed by atoms with E-state index in [1.807, 2.05) is 48.5 Å². The van der Waals surface area contributed by atoms with Crippen LogP contribution in [0.1, 0.15) is 49.0 Å². The van der Waals surface area contributed by atoms with Crippen LogP contribution < -0.4 is 0 Å². The molecule has 7 heteroatoms. The molecular formula is C31H36FNO5. The summed E-state index contributed by atoms with van der Waals surface area (Å²) in [6.07, 6.45) is -0.975. The Morgan fingerprint density at radius 1 is 0.921 bits per heavy atom. The Morgan fingerprint density at radius 3 is 2.13 bits per heavy atom. The van der Waals surface area contributed by atoms with Gasteiger partial charge in [0, 0.05) is 13.0 Å². The van der Waals surface area contributed by atoms with Crippen LogP contribution in [0.3, 0.4) is 0 Å². The van der Waals surface area contributed by atoms with Gasteiger partial charge in [-0.25, -0.2) is 4.39 Å². The molecule has 3 aromatic rings. The Labute approximate surface area is 224 Å². The van der Waals surface area contributed by atoms with E-state index in [-0.39, 0.29) is 25.5 Å². The van der Waals surface area contributed by atoms with Crippen molar-refractivity contribution in [2.24, 2.45) is 5.92 Å². The molecule has 0 radical (unpaired) electrons. The molecule has 0 aliphatic rings. The quantitative estimate of drug-likeness (QED) is 0.310. The van der Waals surface area contributed by atoms with Crippen molar-refractivity contribution in [1.29, 1.82) is 0 Å². The number of rotatable bonds is 13. The molecule has 3 rings (SSSR count). The summed E-state index contributed by atoms with van der Waals surface area (Å²) in [5.74, 6) is -2.59. The van der Waals surface area contributed by atoms with Crippen molar-refractivity contribution in [3.63, 3.8) is 0 Å². The van der Waals surface area contributed by atoms with Crippen molar-refractivity contribution in [1.82, 2.24) is 4.90 Å². The zero-order chi connectivity index (χ0) is 27.5. The molecule has 38 heavy (non-hydrogen) atoms. The van der Waals surface area contributed by atoms with Crippen molar-refractivity contribution in [2.75, 3.05) is 20.3 Å². The maximum atomic E-state index is 14.0. The number of amides is 1. The number of halogens is 1.